The Kier molecular flexibility index (Phi) is 7.82. The van der Waals surface area contributed by atoms with Gasteiger partial charge in [0, 0.05) is 55.8 Å². The van der Waals surface area contributed by atoms with Crippen molar-refractivity contribution in [3.63, 3.8) is 0 Å². The number of nitrogens with one attached hydrogen (secondary N) is 1. The molecule has 8 heteroatoms. The largest absolute Gasteiger partial charge is 0.454 e. The minimum absolute atomic E-state index is 0.0777. The SMILES string of the molecule is N=C(c1ccccc1S)N1CCN(CCC2CCCN(C(=O)C=Cc3ccc4c(c3)OCO4)C2)CC1. The number of amides is 1. The minimum atomic E-state index is 0.0777. The summed E-state index contributed by atoms with van der Waals surface area (Å²) in [6.07, 6.45) is 6.88. The van der Waals surface area contributed by atoms with Gasteiger partial charge in [-0.1, -0.05) is 24.3 Å². The van der Waals surface area contributed by atoms with Crippen molar-refractivity contribution in [3.05, 3.63) is 59.7 Å². The van der Waals surface area contributed by atoms with Crippen molar-refractivity contribution in [2.75, 3.05) is 52.6 Å². The van der Waals surface area contributed by atoms with Gasteiger partial charge in [0.15, 0.2) is 11.5 Å². The third kappa shape index (κ3) is 5.87. The number of amidine groups is 1. The van der Waals surface area contributed by atoms with Gasteiger partial charge in [0.2, 0.25) is 12.7 Å². The van der Waals surface area contributed by atoms with Gasteiger partial charge in [-0.3, -0.25) is 15.1 Å². The van der Waals surface area contributed by atoms with E-state index in [1.807, 2.05) is 53.4 Å². The number of hydrogen-bond donors (Lipinski definition) is 2. The molecular formula is C28H34N4O3S. The number of piperidine rings is 1. The average molecular weight is 507 g/mol. The second-order valence-electron chi connectivity index (χ2n) is 9.72. The maximum atomic E-state index is 12.8. The highest BCUT2D eigenvalue weighted by atomic mass is 32.1. The third-order valence-corrected chi connectivity index (χ3v) is 7.74. The van der Waals surface area contributed by atoms with Crippen molar-refractivity contribution in [2.24, 2.45) is 5.92 Å². The molecule has 0 radical (unpaired) electrons. The van der Waals surface area contributed by atoms with E-state index in [9.17, 15) is 4.79 Å². The Morgan fingerprint density at radius 3 is 2.67 bits per heavy atom. The zero-order valence-corrected chi connectivity index (χ0v) is 21.5. The van der Waals surface area contributed by atoms with Crippen LogP contribution in [-0.2, 0) is 4.79 Å². The monoisotopic (exact) mass is 506 g/mol. The van der Waals surface area contributed by atoms with Crippen molar-refractivity contribution >= 4 is 30.4 Å². The van der Waals surface area contributed by atoms with Crippen molar-refractivity contribution in [2.45, 2.75) is 24.2 Å². The molecule has 1 atom stereocenters. The lowest BCUT2D eigenvalue weighted by molar-refractivity contribution is -0.127. The number of nitrogens with zero attached hydrogens (tertiary/aromatic N) is 3. The Bertz CT molecular complexity index is 1130. The molecule has 2 aromatic rings. The normalized spacial score (nSPS) is 20.2. The van der Waals surface area contributed by atoms with E-state index in [4.69, 9.17) is 14.9 Å². The van der Waals surface area contributed by atoms with E-state index < -0.39 is 0 Å². The number of benzene rings is 2. The fourth-order valence-corrected chi connectivity index (χ4v) is 5.46. The van der Waals surface area contributed by atoms with E-state index in [0.717, 1.165) is 86.2 Å². The Balaban J connectivity index is 1.06. The molecule has 190 valence electrons. The molecule has 0 aromatic heterocycles. The summed E-state index contributed by atoms with van der Waals surface area (Å²) in [5, 5.41) is 8.58. The van der Waals surface area contributed by atoms with Crippen LogP contribution in [0.1, 0.15) is 30.4 Å². The summed E-state index contributed by atoms with van der Waals surface area (Å²) in [7, 11) is 0. The van der Waals surface area contributed by atoms with Crippen LogP contribution in [0.5, 0.6) is 11.5 Å². The van der Waals surface area contributed by atoms with Crippen LogP contribution in [0, 0.1) is 11.3 Å². The molecule has 5 rings (SSSR count). The van der Waals surface area contributed by atoms with Crippen LogP contribution in [0.3, 0.4) is 0 Å². The summed E-state index contributed by atoms with van der Waals surface area (Å²) >= 11 is 4.51. The van der Waals surface area contributed by atoms with Gasteiger partial charge >= 0.3 is 0 Å². The van der Waals surface area contributed by atoms with E-state index in [-0.39, 0.29) is 12.7 Å². The van der Waals surface area contributed by atoms with E-state index in [0.29, 0.717) is 11.8 Å². The first-order valence-electron chi connectivity index (χ1n) is 12.8. The molecule has 1 amide bonds. The van der Waals surface area contributed by atoms with Gasteiger partial charge in [-0.2, -0.15) is 0 Å². The molecule has 36 heavy (non-hydrogen) atoms. The van der Waals surface area contributed by atoms with Crippen LogP contribution in [0.15, 0.2) is 53.4 Å². The summed E-state index contributed by atoms with van der Waals surface area (Å²) in [5.74, 6) is 2.66. The van der Waals surface area contributed by atoms with Crippen molar-refractivity contribution < 1.29 is 14.3 Å². The Morgan fingerprint density at radius 2 is 1.83 bits per heavy atom. The number of likely N-dealkylation sites (tertiary alicyclic amines) is 1. The molecule has 3 aliphatic heterocycles. The highest BCUT2D eigenvalue weighted by molar-refractivity contribution is 7.80. The number of thiol groups is 1. The second-order valence-corrected chi connectivity index (χ2v) is 10.2. The van der Waals surface area contributed by atoms with Gasteiger partial charge in [-0.15, -0.1) is 12.6 Å². The minimum Gasteiger partial charge on any atom is -0.454 e. The Morgan fingerprint density at radius 1 is 1.03 bits per heavy atom. The average Bonchev–Trinajstić information content (AvgIpc) is 3.39. The number of carbonyl (C=O) groups is 1. The van der Waals surface area contributed by atoms with E-state index in [1.165, 1.54) is 6.42 Å². The molecule has 2 saturated heterocycles. The summed E-state index contributed by atoms with van der Waals surface area (Å²) in [4.78, 5) is 20.3. The van der Waals surface area contributed by atoms with Crippen LogP contribution in [0.25, 0.3) is 6.08 Å². The zero-order valence-electron chi connectivity index (χ0n) is 20.6. The van der Waals surface area contributed by atoms with Crippen LogP contribution >= 0.6 is 12.6 Å². The molecule has 3 aliphatic rings. The van der Waals surface area contributed by atoms with Crippen LogP contribution in [0.4, 0.5) is 0 Å². The fraction of sp³-hybridized carbons (Fsp3) is 0.429. The topological polar surface area (TPSA) is 69.1 Å². The summed E-state index contributed by atoms with van der Waals surface area (Å²) < 4.78 is 10.8. The zero-order chi connectivity index (χ0) is 24.9. The van der Waals surface area contributed by atoms with Crippen LogP contribution < -0.4 is 9.47 Å². The van der Waals surface area contributed by atoms with Gasteiger partial charge in [0.25, 0.3) is 0 Å². The first-order valence-corrected chi connectivity index (χ1v) is 13.2. The first-order chi connectivity index (χ1) is 17.6. The number of fused-ring (bicyclic) bond motifs is 1. The molecule has 3 heterocycles. The molecule has 0 aliphatic carbocycles. The lowest BCUT2D eigenvalue weighted by atomic mass is 9.94. The predicted molar refractivity (Wildman–Crippen MR) is 144 cm³/mol. The fourth-order valence-electron chi connectivity index (χ4n) is 5.20. The Hall–Kier alpha value is -2.97. The van der Waals surface area contributed by atoms with Gasteiger partial charge in [-0.05, 0) is 61.6 Å². The molecule has 2 fully saturated rings. The number of carbonyl (C=O) groups excluding carboxylic acids is 1. The second kappa shape index (κ2) is 11.4. The summed E-state index contributed by atoms with van der Waals surface area (Å²) in [6.45, 7) is 6.60. The molecular weight excluding hydrogens is 472 g/mol. The highest BCUT2D eigenvalue weighted by Crippen LogP contribution is 2.33. The van der Waals surface area contributed by atoms with E-state index in [1.54, 1.807) is 6.08 Å². The van der Waals surface area contributed by atoms with Gasteiger partial charge < -0.3 is 19.3 Å². The number of hydrogen-bond acceptors (Lipinski definition) is 6. The lowest BCUT2D eigenvalue weighted by Crippen LogP contribution is -2.49. The van der Waals surface area contributed by atoms with Crippen LogP contribution in [0.2, 0.25) is 0 Å². The molecule has 0 spiro atoms. The van der Waals surface area contributed by atoms with Gasteiger partial charge in [0.1, 0.15) is 5.84 Å². The van der Waals surface area contributed by atoms with Crippen molar-refractivity contribution in [1.29, 1.82) is 5.41 Å². The third-order valence-electron chi connectivity index (χ3n) is 7.35. The molecule has 0 bridgehead atoms. The molecule has 0 saturated carbocycles. The summed E-state index contributed by atoms with van der Waals surface area (Å²) in [6, 6.07) is 13.5. The number of ether oxygens (including phenoxy) is 2. The quantitative estimate of drug-likeness (QED) is 0.268. The molecule has 7 nitrogen and oxygen atoms in total. The Labute approximate surface area is 218 Å². The maximum absolute atomic E-state index is 12.8. The number of rotatable bonds is 6. The maximum Gasteiger partial charge on any atom is 0.246 e. The molecule has 2 aromatic carbocycles. The molecule has 1 N–H and O–H groups in total. The van der Waals surface area contributed by atoms with Crippen LogP contribution in [-0.4, -0.2) is 79.0 Å². The smallest absolute Gasteiger partial charge is 0.246 e. The summed E-state index contributed by atoms with van der Waals surface area (Å²) in [5.41, 5.74) is 1.83. The number of piperazine rings is 1. The van der Waals surface area contributed by atoms with Crippen molar-refractivity contribution in [3.8, 4) is 11.5 Å². The lowest BCUT2D eigenvalue weighted by Gasteiger charge is -2.38. The first kappa shape index (κ1) is 24.7. The van der Waals surface area contributed by atoms with Crippen molar-refractivity contribution in [1.82, 2.24) is 14.7 Å². The van der Waals surface area contributed by atoms with Gasteiger partial charge in [0.05, 0.1) is 0 Å². The van der Waals surface area contributed by atoms with E-state index >= 15 is 0 Å². The highest BCUT2D eigenvalue weighted by Gasteiger charge is 2.25. The van der Waals surface area contributed by atoms with E-state index in [2.05, 4.69) is 22.4 Å². The van der Waals surface area contributed by atoms with Gasteiger partial charge in [-0.25, -0.2) is 0 Å². The molecule has 1 unspecified atom stereocenters. The predicted octanol–water partition coefficient (Wildman–Crippen LogP) is 3.99. The standard InChI is InChI=1S/C28H34N4O3S/c29-28(23-5-1-2-6-26(23)36)31-16-14-30(15-17-31)13-11-22-4-3-12-32(19-22)27(33)10-8-21-7-9-24-25(18-21)35-20-34-24/h1-2,5-10,18,22,29,36H,3-4,11-17,19-20H2.